The second kappa shape index (κ2) is 9.21. The van der Waals surface area contributed by atoms with Gasteiger partial charge in [0.1, 0.15) is 5.82 Å². The summed E-state index contributed by atoms with van der Waals surface area (Å²) in [4.78, 5) is 18.2. The molecule has 152 valence electrons. The van der Waals surface area contributed by atoms with E-state index in [4.69, 9.17) is 19.8 Å². The molecule has 1 saturated heterocycles. The highest BCUT2D eigenvalue weighted by Crippen LogP contribution is 2.19. The van der Waals surface area contributed by atoms with Crippen molar-refractivity contribution in [3.63, 3.8) is 0 Å². The van der Waals surface area contributed by atoms with Crippen molar-refractivity contribution in [2.45, 2.75) is 11.8 Å². The van der Waals surface area contributed by atoms with Crippen LogP contribution in [0.2, 0.25) is 0 Å². The van der Waals surface area contributed by atoms with Gasteiger partial charge in [-0.15, -0.1) is 0 Å². The van der Waals surface area contributed by atoms with Gasteiger partial charge in [0.05, 0.1) is 10.6 Å². The van der Waals surface area contributed by atoms with Gasteiger partial charge < -0.3 is 10.2 Å². The predicted octanol–water partition coefficient (Wildman–Crippen LogP) is -0.363. The molecule has 1 aliphatic rings. The summed E-state index contributed by atoms with van der Waals surface area (Å²) in [5.41, 5.74) is 0. The third kappa shape index (κ3) is 6.23. The fourth-order valence-corrected chi connectivity index (χ4v) is 4.63. The Bertz CT molecular complexity index is 864. The van der Waals surface area contributed by atoms with Crippen molar-refractivity contribution in [2.75, 3.05) is 31.9 Å². The van der Waals surface area contributed by atoms with Crippen LogP contribution in [0, 0.1) is 5.82 Å². The molecule has 0 spiro atoms. The van der Waals surface area contributed by atoms with E-state index >= 15 is 0 Å². The van der Waals surface area contributed by atoms with Crippen LogP contribution < -0.4 is 0 Å². The maximum absolute atomic E-state index is 12.9. The Hall–Kier alpha value is -2.09. The van der Waals surface area contributed by atoms with E-state index in [1.54, 1.807) is 6.92 Å². The molecule has 0 radical (unpaired) electrons. The molecule has 10 nitrogen and oxygen atoms in total. The van der Waals surface area contributed by atoms with Crippen LogP contribution in [0.15, 0.2) is 29.2 Å². The zero-order valence-electron chi connectivity index (χ0n) is 14.3. The van der Waals surface area contributed by atoms with Gasteiger partial charge in [0.2, 0.25) is 20.0 Å². The minimum Gasteiger partial charge on any atom is -0.473 e. The Kier molecular flexibility index (Phi) is 7.83. The van der Waals surface area contributed by atoms with Crippen molar-refractivity contribution in [3.05, 3.63) is 30.1 Å². The third-order valence-electron chi connectivity index (χ3n) is 3.59. The van der Waals surface area contributed by atoms with E-state index in [0.717, 1.165) is 12.1 Å². The lowest BCUT2D eigenvalue weighted by Crippen LogP contribution is -2.50. The molecule has 1 aromatic carbocycles. The van der Waals surface area contributed by atoms with Crippen molar-refractivity contribution in [2.24, 2.45) is 0 Å². The van der Waals surface area contributed by atoms with Gasteiger partial charge in [-0.05, 0) is 31.2 Å². The summed E-state index contributed by atoms with van der Waals surface area (Å²) in [7, 11) is -7.01. The van der Waals surface area contributed by atoms with E-state index in [2.05, 4.69) is 0 Å². The van der Waals surface area contributed by atoms with Gasteiger partial charge >= 0.3 is 11.9 Å². The predicted molar refractivity (Wildman–Crippen MR) is 91.5 cm³/mol. The van der Waals surface area contributed by atoms with E-state index in [0.29, 0.717) is 0 Å². The highest BCUT2D eigenvalue weighted by atomic mass is 32.2. The molecular formula is C14H19FN2O8S2. The molecule has 0 saturated carbocycles. The van der Waals surface area contributed by atoms with Gasteiger partial charge in [-0.25, -0.2) is 30.8 Å². The second-order valence-electron chi connectivity index (χ2n) is 5.27. The molecule has 2 rings (SSSR count). The summed E-state index contributed by atoms with van der Waals surface area (Å²) in [5, 5.41) is 14.8. The first-order chi connectivity index (χ1) is 12.4. The summed E-state index contributed by atoms with van der Waals surface area (Å²) in [6.45, 7) is 2.02. The lowest BCUT2D eigenvalue weighted by molar-refractivity contribution is -0.159. The summed E-state index contributed by atoms with van der Waals surface area (Å²) in [6.07, 6.45) is 0. The fraction of sp³-hybridized carbons (Fsp3) is 0.429. The van der Waals surface area contributed by atoms with Crippen LogP contribution in [0.3, 0.4) is 0 Å². The van der Waals surface area contributed by atoms with Crippen molar-refractivity contribution < 1.29 is 41.0 Å². The van der Waals surface area contributed by atoms with Crippen LogP contribution in [0.1, 0.15) is 6.92 Å². The van der Waals surface area contributed by atoms with Crippen LogP contribution in [0.5, 0.6) is 0 Å². The number of carbonyl (C=O) groups is 2. The number of nitrogens with zero attached hydrogens (tertiary/aromatic N) is 2. The van der Waals surface area contributed by atoms with Gasteiger partial charge in [0.15, 0.2) is 0 Å². The van der Waals surface area contributed by atoms with Crippen molar-refractivity contribution in [1.29, 1.82) is 0 Å². The first-order valence-electron chi connectivity index (χ1n) is 7.61. The van der Waals surface area contributed by atoms with Gasteiger partial charge in [-0.2, -0.15) is 8.61 Å². The average molecular weight is 426 g/mol. The SMILES string of the molecule is CCS(=O)(=O)N1CCN(S(=O)(=O)c2ccc(F)cc2)CC1.O=C(O)C(=O)O. The molecule has 1 fully saturated rings. The summed E-state index contributed by atoms with van der Waals surface area (Å²) < 4.78 is 63.6. The van der Waals surface area contributed by atoms with Crippen LogP contribution in [0.25, 0.3) is 0 Å². The number of carboxylic acid groups (broad SMARTS) is 2. The van der Waals surface area contributed by atoms with Gasteiger partial charge in [-0.3, -0.25) is 0 Å². The average Bonchev–Trinajstić information content (AvgIpc) is 2.62. The summed E-state index contributed by atoms with van der Waals surface area (Å²) in [6, 6.07) is 4.59. The molecule has 13 heteroatoms. The largest absolute Gasteiger partial charge is 0.473 e. The second-order valence-corrected chi connectivity index (χ2v) is 9.46. The van der Waals surface area contributed by atoms with Crippen LogP contribution in [-0.2, 0) is 29.6 Å². The van der Waals surface area contributed by atoms with Crippen molar-refractivity contribution >= 4 is 32.0 Å². The number of rotatable bonds is 4. The van der Waals surface area contributed by atoms with Crippen LogP contribution in [0.4, 0.5) is 4.39 Å². The molecule has 1 heterocycles. The number of sulfonamides is 2. The molecule has 1 aromatic rings. The molecule has 0 unspecified atom stereocenters. The first-order valence-corrected chi connectivity index (χ1v) is 10.7. The quantitative estimate of drug-likeness (QED) is 0.620. The summed E-state index contributed by atoms with van der Waals surface area (Å²) in [5.74, 6) is -4.16. The molecule has 27 heavy (non-hydrogen) atoms. The number of halogens is 1. The summed E-state index contributed by atoms with van der Waals surface area (Å²) >= 11 is 0. The smallest absolute Gasteiger partial charge is 0.414 e. The third-order valence-corrected chi connectivity index (χ3v) is 7.38. The molecule has 0 aliphatic carbocycles. The number of hydrogen-bond donors (Lipinski definition) is 2. The van der Waals surface area contributed by atoms with Gasteiger partial charge in [0, 0.05) is 26.2 Å². The van der Waals surface area contributed by atoms with E-state index in [-0.39, 0.29) is 36.8 Å². The number of benzene rings is 1. The van der Waals surface area contributed by atoms with E-state index in [9.17, 15) is 21.2 Å². The van der Waals surface area contributed by atoms with Crippen LogP contribution in [-0.4, -0.2) is 79.5 Å². The number of carboxylic acids is 2. The van der Waals surface area contributed by atoms with E-state index in [1.165, 1.54) is 20.7 Å². The zero-order chi connectivity index (χ0) is 20.8. The fourth-order valence-electron chi connectivity index (χ4n) is 2.13. The highest BCUT2D eigenvalue weighted by molar-refractivity contribution is 7.89. The Morgan fingerprint density at radius 2 is 1.33 bits per heavy atom. The molecule has 1 aliphatic heterocycles. The molecule has 0 atom stereocenters. The Morgan fingerprint density at radius 1 is 0.926 bits per heavy atom. The van der Waals surface area contributed by atoms with Crippen molar-refractivity contribution in [1.82, 2.24) is 8.61 Å². The number of piperazine rings is 1. The minimum absolute atomic E-state index is 0.00227. The monoisotopic (exact) mass is 426 g/mol. The zero-order valence-corrected chi connectivity index (χ0v) is 15.9. The van der Waals surface area contributed by atoms with Gasteiger partial charge in [-0.1, -0.05) is 0 Å². The molecule has 0 aromatic heterocycles. The number of hydrogen-bond acceptors (Lipinski definition) is 6. The molecular weight excluding hydrogens is 407 g/mol. The maximum atomic E-state index is 12.9. The van der Waals surface area contributed by atoms with Crippen molar-refractivity contribution in [3.8, 4) is 0 Å². The van der Waals surface area contributed by atoms with Crippen LogP contribution >= 0.6 is 0 Å². The lowest BCUT2D eigenvalue weighted by Gasteiger charge is -2.33. The highest BCUT2D eigenvalue weighted by Gasteiger charge is 2.32. The standard InChI is InChI=1S/C12H17FN2O4S2.C2H2O4/c1-2-20(16,17)14-7-9-15(10-8-14)21(18,19)12-5-3-11(13)4-6-12;3-1(4)2(5)6/h3-6H,2,7-10H2,1H3;(H,3,4)(H,5,6). The maximum Gasteiger partial charge on any atom is 0.414 e. The Balaban J connectivity index is 0.000000527. The Labute approximate surface area is 155 Å². The first kappa shape index (κ1) is 23.0. The van der Waals surface area contributed by atoms with E-state index < -0.39 is 37.8 Å². The molecule has 0 bridgehead atoms. The number of aliphatic carboxylic acids is 2. The van der Waals surface area contributed by atoms with E-state index in [1.807, 2.05) is 0 Å². The molecule has 0 amide bonds. The van der Waals surface area contributed by atoms with Gasteiger partial charge in [0.25, 0.3) is 0 Å². The molecule has 2 N–H and O–H groups in total. The Morgan fingerprint density at radius 3 is 1.70 bits per heavy atom. The minimum atomic E-state index is -3.71. The normalized spacial score (nSPS) is 16.2. The lowest BCUT2D eigenvalue weighted by atomic mass is 10.4. The topological polar surface area (TPSA) is 149 Å².